The van der Waals surface area contributed by atoms with Crippen LogP contribution < -0.4 is 4.90 Å². The summed E-state index contributed by atoms with van der Waals surface area (Å²) in [5, 5.41) is 0. The summed E-state index contributed by atoms with van der Waals surface area (Å²) in [6.45, 7) is 2.48. The van der Waals surface area contributed by atoms with Gasteiger partial charge in [0.25, 0.3) is 5.91 Å². The van der Waals surface area contributed by atoms with Crippen molar-refractivity contribution < 1.29 is 23.9 Å². The van der Waals surface area contributed by atoms with E-state index in [9.17, 15) is 19.2 Å². The Labute approximate surface area is 207 Å². The molecule has 0 bridgehead atoms. The van der Waals surface area contributed by atoms with Gasteiger partial charge in [0, 0.05) is 12.5 Å². The number of hydrogen-bond acceptors (Lipinski definition) is 5. The van der Waals surface area contributed by atoms with Crippen molar-refractivity contribution in [2.75, 3.05) is 18.1 Å². The average molecular weight is 481 g/mol. The summed E-state index contributed by atoms with van der Waals surface area (Å²) in [6, 6.07) is 5.52. The summed E-state index contributed by atoms with van der Waals surface area (Å²) in [6.07, 6.45) is 12.4. The molecule has 1 saturated heterocycles. The standard InChI is InChI=1S/C28H36N2O5/c1-2-35-28(34)22-13-15-23(16-14-22)30-25(31)19-24(27(30)33)29(18-17-20-9-5-3-6-10-20)26(32)21-11-7-4-8-12-21/h9,13-16,21,24H,2-8,10-12,17-19H2,1H3. The maximum absolute atomic E-state index is 13.6. The van der Waals surface area contributed by atoms with E-state index >= 15 is 0 Å². The lowest BCUT2D eigenvalue weighted by atomic mass is 9.87. The van der Waals surface area contributed by atoms with Gasteiger partial charge in [-0.2, -0.15) is 0 Å². The number of carbonyl (C=O) groups excluding carboxylic acids is 4. The third kappa shape index (κ3) is 5.82. The molecular weight excluding hydrogens is 444 g/mol. The molecule has 3 aliphatic rings. The quantitative estimate of drug-likeness (QED) is 0.303. The van der Waals surface area contributed by atoms with Crippen LogP contribution in [-0.2, 0) is 19.1 Å². The van der Waals surface area contributed by atoms with Crippen LogP contribution in [0.3, 0.4) is 0 Å². The first-order chi connectivity index (χ1) is 17.0. The summed E-state index contributed by atoms with van der Waals surface area (Å²) < 4.78 is 5.01. The molecule has 1 aromatic rings. The van der Waals surface area contributed by atoms with Gasteiger partial charge < -0.3 is 9.64 Å². The topological polar surface area (TPSA) is 84.0 Å². The van der Waals surface area contributed by atoms with Gasteiger partial charge in [-0.1, -0.05) is 30.9 Å². The Bertz CT molecular complexity index is 978. The Kier molecular flexibility index (Phi) is 8.37. The second-order valence-electron chi connectivity index (χ2n) is 9.78. The molecule has 0 spiro atoms. The summed E-state index contributed by atoms with van der Waals surface area (Å²) in [7, 11) is 0. The number of hydrogen-bond donors (Lipinski definition) is 0. The van der Waals surface area contributed by atoms with Gasteiger partial charge in [-0.25, -0.2) is 9.69 Å². The van der Waals surface area contributed by atoms with Gasteiger partial charge in [-0.3, -0.25) is 14.4 Å². The fourth-order valence-corrected chi connectivity index (χ4v) is 5.49. The SMILES string of the molecule is CCOC(=O)c1ccc(N2C(=O)CC(N(CCC3=CCCCC3)C(=O)C3CCCCC3)C2=O)cc1. The lowest BCUT2D eigenvalue weighted by molar-refractivity contribution is -0.142. The Morgan fingerprint density at radius 2 is 1.77 bits per heavy atom. The van der Waals surface area contributed by atoms with Crippen LogP contribution in [0.2, 0.25) is 0 Å². The van der Waals surface area contributed by atoms with E-state index in [1.165, 1.54) is 23.3 Å². The van der Waals surface area contributed by atoms with Crippen LogP contribution in [0.4, 0.5) is 5.69 Å². The molecule has 1 unspecified atom stereocenters. The molecule has 188 valence electrons. The maximum atomic E-state index is 13.6. The van der Waals surface area contributed by atoms with Gasteiger partial charge in [0.2, 0.25) is 11.8 Å². The molecule has 1 aliphatic heterocycles. The fourth-order valence-electron chi connectivity index (χ4n) is 5.49. The van der Waals surface area contributed by atoms with Crippen LogP contribution in [0.5, 0.6) is 0 Å². The van der Waals surface area contributed by atoms with Gasteiger partial charge in [-0.15, -0.1) is 0 Å². The number of anilines is 1. The van der Waals surface area contributed by atoms with Crippen molar-refractivity contribution in [1.29, 1.82) is 0 Å². The first-order valence-electron chi connectivity index (χ1n) is 13.1. The monoisotopic (exact) mass is 480 g/mol. The van der Waals surface area contributed by atoms with Crippen LogP contribution >= 0.6 is 0 Å². The minimum Gasteiger partial charge on any atom is -0.462 e. The van der Waals surface area contributed by atoms with E-state index in [0.717, 1.165) is 51.4 Å². The Balaban J connectivity index is 1.53. The van der Waals surface area contributed by atoms with Crippen LogP contribution in [0.1, 0.15) is 87.9 Å². The predicted octanol–water partition coefficient (Wildman–Crippen LogP) is 4.79. The highest BCUT2D eigenvalue weighted by molar-refractivity contribution is 6.23. The Morgan fingerprint density at radius 1 is 1.03 bits per heavy atom. The number of ether oxygens (including phenoxy) is 1. The van der Waals surface area contributed by atoms with Crippen molar-refractivity contribution >= 4 is 29.4 Å². The van der Waals surface area contributed by atoms with Crippen LogP contribution in [-0.4, -0.2) is 47.8 Å². The van der Waals surface area contributed by atoms with Gasteiger partial charge in [0.05, 0.1) is 24.3 Å². The molecule has 2 fully saturated rings. The largest absolute Gasteiger partial charge is 0.462 e. The second-order valence-corrected chi connectivity index (χ2v) is 9.78. The van der Waals surface area contributed by atoms with Crippen LogP contribution in [0.25, 0.3) is 0 Å². The predicted molar refractivity (Wildman–Crippen MR) is 133 cm³/mol. The molecule has 2 aliphatic carbocycles. The Hall–Kier alpha value is -2.96. The first-order valence-corrected chi connectivity index (χ1v) is 13.1. The van der Waals surface area contributed by atoms with E-state index in [-0.39, 0.29) is 36.7 Å². The molecule has 0 radical (unpaired) electrons. The minimum atomic E-state index is -0.772. The Morgan fingerprint density at radius 3 is 2.43 bits per heavy atom. The van der Waals surface area contributed by atoms with E-state index in [1.54, 1.807) is 36.1 Å². The number of rotatable bonds is 8. The maximum Gasteiger partial charge on any atom is 0.338 e. The fraction of sp³-hybridized carbons (Fsp3) is 0.571. The van der Waals surface area contributed by atoms with Crippen molar-refractivity contribution in [2.24, 2.45) is 5.92 Å². The van der Waals surface area contributed by atoms with E-state index in [2.05, 4.69) is 6.08 Å². The third-order valence-electron chi connectivity index (χ3n) is 7.43. The van der Waals surface area contributed by atoms with Crippen LogP contribution in [0, 0.1) is 5.92 Å². The first kappa shape index (κ1) is 25.1. The molecule has 0 aromatic heterocycles. The van der Waals surface area contributed by atoms with Crippen molar-refractivity contribution in [3.8, 4) is 0 Å². The highest BCUT2D eigenvalue weighted by Crippen LogP contribution is 2.31. The molecule has 7 heteroatoms. The van der Waals surface area contributed by atoms with E-state index in [0.29, 0.717) is 17.8 Å². The lowest BCUT2D eigenvalue weighted by Gasteiger charge is -2.33. The number of allylic oxidation sites excluding steroid dienone is 1. The molecule has 1 heterocycles. The molecule has 1 atom stereocenters. The highest BCUT2D eigenvalue weighted by Gasteiger charge is 2.45. The zero-order valence-corrected chi connectivity index (χ0v) is 20.7. The number of imide groups is 1. The van der Waals surface area contributed by atoms with Gasteiger partial charge in [-0.05, 0) is 76.1 Å². The molecule has 1 aromatic carbocycles. The van der Waals surface area contributed by atoms with Gasteiger partial charge >= 0.3 is 5.97 Å². The van der Waals surface area contributed by atoms with E-state index in [1.807, 2.05) is 0 Å². The summed E-state index contributed by atoms with van der Waals surface area (Å²) in [4.78, 5) is 55.0. The summed E-state index contributed by atoms with van der Waals surface area (Å²) in [5.41, 5.74) is 2.12. The second kappa shape index (κ2) is 11.6. The molecule has 4 rings (SSSR count). The zero-order valence-electron chi connectivity index (χ0n) is 20.7. The minimum absolute atomic E-state index is 0.00400. The number of amides is 3. The molecule has 0 N–H and O–H groups in total. The van der Waals surface area contributed by atoms with Crippen molar-refractivity contribution in [3.05, 3.63) is 41.5 Å². The lowest BCUT2D eigenvalue weighted by Crippen LogP contribution is -2.48. The van der Waals surface area contributed by atoms with Crippen molar-refractivity contribution in [1.82, 2.24) is 4.90 Å². The number of nitrogens with zero attached hydrogens (tertiary/aromatic N) is 2. The molecule has 3 amide bonds. The molecular formula is C28H36N2O5. The molecule has 7 nitrogen and oxygen atoms in total. The number of carbonyl (C=O) groups is 4. The smallest absolute Gasteiger partial charge is 0.338 e. The number of benzene rings is 1. The highest BCUT2D eigenvalue weighted by atomic mass is 16.5. The van der Waals surface area contributed by atoms with E-state index in [4.69, 9.17) is 4.74 Å². The molecule has 35 heavy (non-hydrogen) atoms. The third-order valence-corrected chi connectivity index (χ3v) is 7.43. The summed E-state index contributed by atoms with van der Waals surface area (Å²) >= 11 is 0. The average Bonchev–Trinajstić information content (AvgIpc) is 3.18. The molecule has 1 saturated carbocycles. The van der Waals surface area contributed by atoms with Crippen molar-refractivity contribution in [2.45, 2.75) is 83.6 Å². The normalized spacial score (nSPS) is 21.1. The van der Waals surface area contributed by atoms with Crippen molar-refractivity contribution in [3.63, 3.8) is 0 Å². The zero-order chi connectivity index (χ0) is 24.8. The summed E-state index contributed by atoms with van der Waals surface area (Å²) in [5.74, 6) is -1.17. The van der Waals surface area contributed by atoms with Gasteiger partial charge in [0.15, 0.2) is 0 Å². The van der Waals surface area contributed by atoms with Crippen LogP contribution in [0.15, 0.2) is 35.9 Å². The van der Waals surface area contributed by atoms with Gasteiger partial charge in [0.1, 0.15) is 6.04 Å². The van der Waals surface area contributed by atoms with E-state index < -0.39 is 12.0 Å². The number of esters is 1.